The lowest BCUT2D eigenvalue weighted by molar-refractivity contribution is 0.200. The number of hydrogen-bond donors (Lipinski definition) is 2. The number of aliphatic hydroxyl groups is 2. The van der Waals surface area contributed by atoms with Crippen LogP contribution < -0.4 is 0 Å². The van der Waals surface area contributed by atoms with Gasteiger partial charge >= 0.3 is 0 Å². The van der Waals surface area contributed by atoms with Crippen molar-refractivity contribution in [1.82, 2.24) is 0 Å². The molecule has 3 aliphatic carbocycles. The molecule has 0 saturated heterocycles. The Morgan fingerprint density at radius 2 is 0.667 bits per heavy atom. The number of rotatable bonds is 2. The monoisotopic (exact) mass is 314 g/mol. The van der Waals surface area contributed by atoms with E-state index in [1.54, 1.807) is 0 Å². The van der Waals surface area contributed by atoms with E-state index in [0.717, 1.165) is 33.4 Å². The SMILES string of the molecule is OCC12c3ccccc3C(CO)(c3ccccc31)c1ccccc12. The minimum absolute atomic E-state index is 0.0134. The molecule has 0 saturated carbocycles. The van der Waals surface area contributed by atoms with Gasteiger partial charge in [0.25, 0.3) is 0 Å². The first-order valence-corrected chi connectivity index (χ1v) is 8.32. The molecule has 0 heterocycles. The fourth-order valence-electron chi connectivity index (χ4n) is 5.06. The highest BCUT2D eigenvalue weighted by molar-refractivity contribution is 5.75. The van der Waals surface area contributed by atoms with Gasteiger partial charge in [0, 0.05) is 0 Å². The maximum absolute atomic E-state index is 10.6. The Morgan fingerprint density at radius 1 is 0.458 bits per heavy atom. The van der Waals surface area contributed by atoms with Gasteiger partial charge in [0.1, 0.15) is 0 Å². The van der Waals surface area contributed by atoms with Gasteiger partial charge in [0.05, 0.1) is 24.0 Å². The van der Waals surface area contributed by atoms with Crippen molar-refractivity contribution in [3.8, 4) is 0 Å². The largest absolute Gasteiger partial charge is 0.395 e. The van der Waals surface area contributed by atoms with E-state index in [1.165, 1.54) is 0 Å². The summed E-state index contributed by atoms with van der Waals surface area (Å²) in [5.74, 6) is 0. The molecule has 118 valence electrons. The van der Waals surface area contributed by atoms with Crippen LogP contribution in [0.15, 0.2) is 72.8 Å². The second kappa shape index (κ2) is 4.56. The molecule has 3 aliphatic rings. The van der Waals surface area contributed by atoms with Gasteiger partial charge in [-0.05, 0) is 33.4 Å². The van der Waals surface area contributed by atoms with Crippen LogP contribution in [0, 0.1) is 0 Å². The topological polar surface area (TPSA) is 40.5 Å². The highest BCUT2D eigenvalue weighted by atomic mass is 16.3. The minimum Gasteiger partial charge on any atom is -0.395 e. The summed E-state index contributed by atoms with van der Waals surface area (Å²) in [5, 5.41) is 21.2. The van der Waals surface area contributed by atoms with E-state index in [-0.39, 0.29) is 13.2 Å². The van der Waals surface area contributed by atoms with Gasteiger partial charge in [-0.15, -0.1) is 0 Å². The second-order valence-electron chi connectivity index (χ2n) is 6.76. The van der Waals surface area contributed by atoms with Crippen LogP contribution >= 0.6 is 0 Å². The summed E-state index contributed by atoms with van der Waals surface area (Å²) in [5.41, 5.74) is 5.55. The summed E-state index contributed by atoms with van der Waals surface area (Å²) in [6.07, 6.45) is 0. The van der Waals surface area contributed by atoms with E-state index in [1.807, 2.05) is 36.4 Å². The molecule has 0 aliphatic heterocycles. The molecule has 2 bridgehead atoms. The van der Waals surface area contributed by atoms with Crippen molar-refractivity contribution in [1.29, 1.82) is 0 Å². The third-order valence-corrected chi connectivity index (χ3v) is 6.01. The van der Waals surface area contributed by atoms with Gasteiger partial charge in [-0.1, -0.05) is 72.8 Å². The highest BCUT2D eigenvalue weighted by Gasteiger charge is 2.58. The van der Waals surface area contributed by atoms with Crippen molar-refractivity contribution in [2.75, 3.05) is 13.2 Å². The predicted molar refractivity (Wildman–Crippen MR) is 93.3 cm³/mol. The van der Waals surface area contributed by atoms with Crippen molar-refractivity contribution < 1.29 is 10.2 Å². The zero-order chi connectivity index (χ0) is 16.4. The van der Waals surface area contributed by atoms with E-state index in [9.17, 15) is 10.2 Å². The normalized spacial score (nSPS) is 25.8. The minimum atomic E-state index is -0.555. The molecular formula is C22H18O2. The number of aliphatic hydroxyl groups excluding tert-OH is 2. The highest BCUT2D eigenvalue weighted by Crippen LogP contribution is 2.61. The van der Waals surface area contributed by atoms with Gasteiger partial charge in [-0.3, -0.25) is 0 Å². The summed E-state index contributed by atoms with van der Waals surface area (Å²) in [4.78, 5) is 0. The van der Waals surface area contributed by atoms with Gasteiger partial charge in [0.2, 0.25) is 0 Å². The molecule has 24 heavy (non-hydrogen) atoms. The van der Waals surface area contributed by atoms with Crippen LogP contribution in [0.3, 0.4) is 0 Å². The molecule has 0 unspecified atom stereocenters. The second-order valence-corrected chi connectivity index (χ2v) is 6.76. The molecule has 2 heteroatoms. The van der Waals surface area contributed by atoms with Crippen molar-refractivity contribution in [3.63, 3.8) is 0 Å². The van der Waals surface area contributed by atoms with Crippen LogP contribution in [0.5, 0.6) is 0 Å². The number of benzene rings is 3. The third-order valence-electron chi connectivity index (χ3n) is 6.01. The molecule has 3 aromatic rings. The molecule has 6 rings (SSSR count). The van der Waals surface area contributed by atoms with Gasteiger partial charge in [0.15, 0.2) is 0 Å². The standard InChI is InChI=1S/C22H18O2/c23-13-21-15-7-1-2-8-16(15)22(14-24,19-11-5-3-9-17(19)21)20-12-6-4-10-18(20)21/h1-12,23-24H,13-14H2. The van der Waals surface area contributed by atoms with E-state index in [4.69, 9.17) is 0 Å². The maximum Gasteiger partial charge on any atom is 0.0691 e. The molecule has 2 N–H and O–H groups in total. The summed E-state index contributed by atoms with van der Waals surface area (Å²) >= 11 is 0. The first-order chi connectivity index (χ1) is 11.8. The smallest absolute Gasteiger partial charge is 0.0691 e. The molecule has 0 aromatic heterocycles. The summed E-state index contributed by atoms with van der Waals surface area (Å²) in [7, 11) is 0. The van der Waals surface area contributed by atoms with Gasteiger partial charge in [-0.25, -0.2) is 0 Å². The van der Waals surface area contributed by atoms with Crippen LogP contribution in [0.1, 0.15) is 33.4 Å². The van der Waals surface area contributed by atoms with E-state index < -0.39 is 10.8 Å². The average molecular weight is 314 g/mol. The van der Waals surface area contributed by atoms with Crippen molar-refractivity contribution in [2.24, 2.45) is 0 Å². The predicted octanol–water partition coefficient (Wildman–Crippen LogP) is 2.97. The van der Waals surface area contributed by atoms with Gasteiger partial charge < -0.3 is 10.2 Å². The van der Waals surface area contributed by atoms with Crippen LogP contribution in [0.4, 0.5) is 0 Å². The molecule has 0 fully saturated rings. The van der Waals surface area contributed by atoms with Crippen LogP contribution in [-0.4, -0.2) is 23.4 Å². The van der Waals surface area contributed by atoms with Crippen molar-refractivity contribution in [3.05, 3.63) is 106 Å². The van der Waals surface area contributed by atoms with E-state index >= 15 is 0 Å². The van der Waals surface area contributed by atoms with Gasteiger partial charge in [-0.2, -0.15) is 0 Å². The fraction of sp³-hybridized carbons (Fsp3) is 0.182. The molecule has 2 nitrogen and oxygen atoms in total. The van der Waals surface area contributed by atoms with Crippen LogP contribution in [0.2, 0.25) is 0 Å². The molecule has 0 amide bonds. The molecule has 0 atom stereocenters. The quantitative estimate of drug-likeness (QED) is 0.763. The van der Waals surface area contributed by atoms with E-state index in [0.29, 0.717) is 0 Å². The fourth-order valence-corrected chi connectivity index (χ4v) is 5.06. The van der Waals surface area contributed by atoms with E-state index in [2.05, 4.69) is 36.4 Å². The Morgan fingerprint density at radius 3 is 0.833 bits per heavy atom. The zero-order valence-electron chi connectivity index (χ0n) is 13.2. The lowest BCUT2D eigenvalue weighted by Gasteiger charge is -2.55. The Labute approximate surface area is 141 Å². The summed E-state index contributed by atoms with van der Waals surface area (Å²) in [6.45, 7) is 0.0269. The molecule has 0 spiro atoms. The molecule has 3 aromatic carbocycles. The number of hydrogen-bond acceptors (Lipinski definition) is 2. The molecular weight excluding hydrogens is 296 g/mol. The van der Waals surface area contributed by atoms with Crippen molar-refractivity contribution in [2.45, 2.75) is 10.8 Å². The lowest BCUT2D eigenvalue weighted by Crippen LogP contribution is -2.53. The third kappa shape index (κ3) is 1.28. The Hall–Kier alpha value is -2.42. The van der Waals surface area contributed by atoms with Crippen LogP contribution in [-0.2, 0) is 10.8 Å². The zero-order valence-corrected chi connectivity index (χ0v) is 13.2. The first-order valence-electron chi connectivity index (χ1n) is 8.32. The van der Waals surface area contributed by atoms with Crippen molar-refractivity contribution >= 4 is 0 Å². The lowest BCUT2D eigenvalue weighted by atomic mass is 9.47. The average Bonchev–Trinajstić information content (AvgIpc) is 2.67. The molecule has 0 radical (unpaired) electrons. The Balaban J connectivity index is 2.06. The summed E-state index contributed by atoms with van der Waals surface area (Å²) < 4.78 is 0. The van der Waals surface area contributed by atoms with Crippen LogP contribution in [0.25, 0.3) is 0 Å². The summed E-state index contributed by atoms with van der Waals surface area (Å²) in [6, 6.07) is 24.7. The Bertz CT molecular complexity index is 762. The first kappa shape index (κ1) is 14.0. The Kier molecular flexibility index (Phi) is 2.66. The maximum atomic E-state index is 10.6.